The largest absolute Gasteiger partial charge is 0.488 e. The number of amides is 2. The molecule has 0 radical (unpaired) electrons. The van der Waals surface area contributed by atoms with Crippen molar-refractivity contribution in [1.29, 1.82) is 0 Å². The van der Waals surface area contributed by atoms with Crippen LogP contribution in [0.2, 0.25) is 0 Å². The maximum Gasteiger partial charge on any atom is 0.258 e. The highest BCUT2D eigenvalue weighted by Gasteiger charge is 2.36. The molecule has 0 unspecified atom stereocenters. The van der Waals surface area contributed by atoms with Crippen LogP contribution in [-0.4, -0.2) is 104 Å². The fourth-order valence-electron chi connectivity index (χ4n) is 4.65. The van der Waals surface area contributed by atoms with E-state index in [2.05, 4.69) is 10.5 Å². The van der Waals surface area contributed by atoms with Gasteiger partial charge in [0, 0.05) is 31.6 Å². The summed E-state index contributed by atoms with van der Waals surface area (Å²) >= 11 is 0. The molecule has 2 N–H and O–H groups in total. The van der Waals surface area contributed by atoms with Crippen LogP contribution in [0.15, 0.2) is 27.6 Å². The number of benzene rings is 1. The summed E-state index contributed by atoms with van der Waals surface area (Å²) in [6, 6.07) is 4.34. The van der Waals surface area contributed by atoms with E-state index in [-0.39, 0.29) is 65.1 Å². The van der Waals surface area contributed by atoms with Crippen LogP contribution in [0.3, 0.4) is 0 Å². The lowest BCUT2D eigenvalue weighted by Gasteiger charge is -2.38. The minimum absolute atomic E-state index is 0.00704. The van der Waals surface area contributed by atoms with Crippen LogP contribution in [0.4, 0.5) is 5.69 Å². The van der Waals surface area contributed by atoms with Crippen LogP contribution in [0.25, 0.3) is 0 Å². The summed E-state index contributed by atoms with van der Waals surface area (Å²) in [6.45, 7) is 7.48. The third-order valence-electron chi connectivity index (χ3n) is 7.03. The zero-order valence-electron chi connectivity index (χ0n) is 24.3. The van der Waals surface area contributed by atoms with E-state index in [0.717, 1.165) is 6.54 Å². The Morgan fingerprint density at radius 3 is 2.58 bits per heavy atom. The number of aliphatic hydroxyl groups is 1. The average Bonchev–Trinajstić information content (AvgIpc) is 3.23. The van der Waals surface area contributed by atoms with Gasteiger partial charge in [0.15, 0.2) is 5.76 Å². The van der Waals surface area contributed by atoms with Crippen molar-refractivity contribution in [1.82, 2.24) is 19.3 Å². The highest BCUT2D eigenvalue weighted by Crippen LogP contribution is 2.31. The minimum Gasteiger partial charge on any atom is -0.488 e. The number of aliphatic hydroxyl groups excluding tert-OH is 1. The Bertz CT molecular complexity index is 1290. The summed E-state index contributed by atoms with van der Waals surface area (Å²) in [5.74, 6) is -0.331. The lowest BCUT2D eigenvalue weighted by Crippen LogP contribution is -2.50. The Hall–Kier alpha value is -3.00. The van der Waals surface area contributed by atoms with Gasteiger partial charge in [0.1, 0.15) is 22.4 Å². The topological polar surface area (TPSA) is 146 Å². The molecule has 2 aromatic rings. The van der Waals surface area contributed by atoms with E-state index in [4.69, 9.17) is 9.26 Å². The Morgan fingerprint density at radius 2 is 1.98 bits per heavy atom. The van der Waals surface area contributed by atoms with Crippen LogP contribution >= 0.6 is 0 Å². The fraction of sp³-hybridized carbons (Fsp3) is 0.593. The minimum atomic E-state index is -3.93. The fourth-order valence-corrected chi connectivity index (χ4v) is 6.11. The molecular formula is C27H41N5O7S. The van der Waals surface area contributed by atoms with Gasteiger partial charge in [-0.1, -0.05) is 12.1 Å². The number of anilines is 1. The molecule has 0 aliphatic carbocycles. The summed E-state index contributed by atoms with van der Waals surface area (Å²) in [5.41, 5.74) is 0.941. The summed E-state index contributed by atoms with van der Waals surface area (Å²) in [5, 5.41) is 16.5. The maximum atomic E-state index is 13.6. The van der Waals surface area contributed by atoms with Gasteiger partial charge in [-0.25, -0.2) is 8.42 Å². The van der Waals surface area contributed by atoms with Crippen molar-refractivity contribution in [3.8, 4) is 5.75 Å². The third-order valence-corrected chi connectivity index (χ3v) is 9.10. The van der Waals surface area contributed by atoms with Crippen LogP contribution in [0.1, 0.15) is 48.5 Å². The van der Waals surface area contributed by atoms with Gasteiger partial charge < -0.3 is 29.5 Å². The lowest BCUT2D eigenvalue weighted by atomic mass is 9.99. The second-order valence-electron chi connectivity index (χ2n) is 10.7. The number of carbonyl (C=O) groups excluding carboxylic acids is 2. The molecule has 0 fully saturated rings. The number of nitrogens with zero attached hydrogens (tertiary/aromatic N) is 4. The monoisotopic (exact) mass is 579 g/mol. The molecule has 0 saturated carbocycles. The van der Waals surface area contributed by atoms with Crippen molar-refractivity contribution < 1.29 is 32.4 Å². The van der Waals surface area contributed by atoms with Gasteiger partial charge in [-0.15, -0.1) is 0 Å². The zero-order valence-corrected chi connectivity index (χ0v) is 25.1. The molecule has 2 amide bonds. The number of nitrogens with one attached hydrogen (secondary N) is 1. The molecule has 40 heavy (non-hydrogen) atoms. The first kappa shape index (κ1) is 31.5. The van der Waals surface area contributed by atoms with Crippen molar-refractivity contribution in [3.05, 3.63) is 35.2 Å². The predicted molar refractivity (Wildman–Crippen MR) is 150 cm³/mol. The molecule has 0 spiro atoms. The van der Waals surface area contributed by atoms with E-state index in [0.29, 0.717) is 18.5 Å². The molecule has 1 aliphatic rings. The number of aromatic nitrogens is 1. The van der Waals surface area contributed by atoms with Gasteiger partial charge >= 0.3 is 0 Å². The van der Waals surface area contributed by atoms with E-state index in [1.807, 2.05) is 25.9 Å². The molecule has 1 aromatic carbocycles. The van der Waals surface area contributed by atoms with Crippen molar-refractivity contribution >= 4 is 27.5 Å². The molecule has 0 saturated heterocycles. The quantitative estimate of drug-likeness (QED) is 0.409. The van der Waals surface area contributed by atoms with E-state index in [1.54, 1.807) is 43.9 Å². The molecular weight excluding hydrogens is 538 g/mol. The standard InChI is InChI=1S/C27H41N5O7S/c1-17-14-32(18(2)16-33)27(35)22-13-21(28-25(34)9-8-12-30(5)6)10-11-23(22)38-24(17)15-31(7)40(36,37)26-19(3)29-39-20(26)4/h10-11,13,17-18,24,33H,8-9,12,14-16H2,1-7H3,(H,28,34)/t17-,18-,24-/m1/s1. The Kier molecular flexibility index (Phi) is 10.3. The molecule has 222 valence electrons. The smallest absolute Gasteiger partial charge is 0.258 e. The van der Waals surface area contributed by atoms with E-state index < -0.39 is 22.2 Å². The van der Waals surface area contributed by atoms with Gasteiger partial charge in [-0.05, 0) is 66.0 Å². The van der Waals surface area contributed by atoms with E-state index >= 15 is 0 Å². The summed E-state index contributed by atoms with van der Waals surface area (Å²) in [4.78, 5) is 29.7. The first-order chi connectivity index (χ1) is 18.8. The van der Waals surface area contributed by atoms with Crippen LogP contribution < -0.4 is 10.1 Å². The lowest BCUT2D eigenvalue weighted by molar-refractivity contribution is -0.116. The number of likely N-dealkylation sites (N-methyl/N-ethyl adjacent to an activating group) is 1. The normalized spacial score (nSPS) is 18.8. The van der Waals surface area contributed by atoms with Gasteiger partial charge in [0.05, 0.1) is 24.8 Å². The number of hydrogen-bond acceptors (Lipinski definition) is 9. The summed E-state index contributed by atoms with van der Waals surface area (Å²) in [7, 11) is 1.41. The highest BCUT2D eigenvalue weighted by atomic mass is 32.2. The number of rotatable bonds is 11. The third kappa shape index (κ3) is 7.19. The Balaban J connectivity index is 1.91. The van der Waals surface area contributed by atoms with Crippen molar-refractivity contribution in [2.45, 2.75) is 57.6 Å². The van der Waals surface area contributed by atoms with Crippen LogP contribution in [-0.2, 0) is 14.8 Å². The molecule has 12 nitrogen and oxygen atoms in total. The first-order valence-corrected chi connectivity index (χ1v) is 14.8. The molecule has 0 bridgehead atoms. The van der Waals surface area contributed by atoms with Crippen molar-refractivity contribution in [2.75, 3.05) is 52.7 Å². The molecule has 1 aromatic heterocycles. The van der Waals surface area contributed by atoms with Crippen LogP contribution in [0, 0.1) is 19.8 Å². The molecule has 13 heteroatoms. The van der Waals surface area contributed by atoms with Gasteiger partial charge in [-0.3, -0.25) is 9.59 Å². The highest BCUT2D eigenvalue weighted by molar-refractivity contribution is 7.89. The SMILES string of the molecule is Cc1noc(C)c1S(=O)(=O)N(C)C[C@H]1Oc2ccc(NC(=O)CCCN(C)C)cc2C(=O)N([C@H](C)CO)C[C@H]1C. The van der Waals surface area contributed by atoms with Gasteiger partial charge in [0.2, 0.25) is 15.9 Å². The Labute approximate surface area is 236 Å². The van der Waals surface area contributed by atoms with E-state index in [9.17, 15) is 23.1 Å². The predicted octanol–water partition coefficient (Wildman–Crippen LogP) is 2.11. The first-order valence-electron chi connectivity index (χ1n) is 13.3. The number of fused-ring (bicyclic) bond motifs is 1. The number of sulfonamides is 1. The molecule has 2 heterocycles. The van der Waals surface area contributed by atoms with Crippen molar-refractivity contribution in [2.24, 2.45) is 5.92 Å². The summed E-state index contributed by atoms with van der Waals surface area (Å²) < 4.78 is 39.3. The molecule has 3 rings (SSSR count). The van der Waals surface area contributed by atoms with Gasteiger partial charge in [0.25, 0.3) is 5.91 Å². The molecule has 3 atom stereocenters. The van der Waals surface area contributed by atoms with Gasteiger partial charge in [-0.2, -0.15) is 4.31 Å². The number of hydrogen-bond donors (Lipinski definition) is 2. The number of aryl methyl sites for hydroxylation is 2. The van der Waals surface area contributed by atoms with E-state index in [1.165, 1.54) is 11.4 Å². The molecule has 1 aliphatic heterocycles. The second kappa shape index (κ2) is 13.1. The van der Waals surface area contributed by atoms with Crippen molar-refractivity contribution in [3.63, 3.8) is 0 Å². The number of ether oxygens (including phenoxy) is 1. The summed E-state index contributed by atoms with van der Waals surface area (Å²) in [6.07, 6.45) is 0.392. The average molecular weight is 580 g/mol. The Morgan fingerprint density at radius 1 is 1.27 bits per heavy atom. The van der Waals surface area contributed by atoms with Crippen LogP contribution in [0.5, 0.6) is 5.75 Å². The number of carbonyl (C=O) groups is 2. The maximum absolute atomic E-state index is 13.6. The second-order valence-corrected chi connectivity index (χ2v) is 12.7. The zero-order chi connectivity index (χ0) is 29.8.